The van der Waals surface area contributed by atoms with Gasteiger partial charge in [0.1, 0.15) is 6.04 Å². The van der Waals surface area contributed by atoms with Gasteiger partial charge in [-0.1, -0.05) is 28.1 Å². The van der Waals surface area contributed by atoms with E-state index in [1.807, 2.05) is 36.0 Å². The van der Waals surface area contributed by atoms with Crippen molar-refractivity contribution in [3.63, 3.8) is 0 Å². The van der Waals surface area contributed by atoms with Crippen molar-refractivity contribution in [2.24, 2.45) is 0 Å². The molecule has 5 nitrogen and oxygen atoms in total. The topological polar surface area (TPSA) is 52.7 Å². The highest BCUT2D eigenvalue weighted by Gasteiger charge is 2.34. The fourth-order valence-electron chi connectivity index (χ4n) is 4.03. The smallest absolute Gasteiger partial charge is 0.254 e. The highest BCUT2D eigenvalue weighted by Crippen LogP contribution is 2.23. The Bertz CT molecular complexity index is 900. The van der Waals surface area contributed by atoms with Gasteiger partial charge in [0, 0.05) is 53.4 Å². The summed E-state index contributed by atoms with van der Waals surface area (Å²) >= 11 is 5.40. The first-order valence-corrected chi connectivity index (χ1v) is 12.3. The van der Waals surface area contributed by atoms with Gasteiger partial charge in [-0.3, -0.25) is 14.5 Å². The monoisotopic (exact) mass is 487 g/mol. The molecule has 1 unspecified atom stereocenters. The van der Waals surface area contributed by atoms with Crippen LogP contribution >= 0.6 is 27.7 Å². The normalized spacial score (nSPS) is 19.6. The van der Waals surface area contributed by atoms with Gasteiger partial charge in [0.25, 0.3) is 5.91 Å². The number of anilines is 1. The van der Waals surface area contributed by atoms with Crippen LogP contribution in [-0.2, 0) is 11.3 Å². The Labute approximate surface area is 190 Å². The second-order valence-corrected chi connectivity index (χ2v) is 9.88. The van der Waals surface area contributed by atoms with Crippen molar-refractivity contribution in [3.05, 3.63) is 64.1 Å². The molecule has 0 aromatic heterocycles. The lowest BCUT2D eigenvalue weighted by atomic mass is 10.1. The molecule has 1 atom stereocenters. The van der Waals surface area contributed by atoms with E-state index in [1.54, 1.807) is 17.0 Å². The maximum atomic E-state index is 13.0. The predicted octanol–water partition coefficient (Wildman–Crippen LogP) is 4.24. The molecule has 158 valence electrons. The molecule has 0 radical (unpaired) electrons. The molecule has 1 N–H and O–H groups in total. The van der Waals surface area contributed by atoms with Crippen LogP contribution in [0.3, 0.4) is 0 Å². The Morgan fingerprint density at radius 1 is 1.07 bits per heavy atom. The van der Waals surface area contributed by atoms with Crippen molar-refractivity contribution in [1.29, 1.82) is 0 Å². The summed E-state index contributed by atoms with van der Waals surface area (Å²) < 4.78 is 0.929. The molecule has 4 rings (SSSR count). The van der Waals surface area contributed by atoms with E-state index in [4.69, 9.17) is 0 Å². The van der Waals surface area contributed by atoms with E-state index in [9.17, 15) is 9.59 Å². The van der Waals surface area contributed by atoms with E-state index in [0.29, 0.717) is 18.5 Å². The van der Waals surface area contributed by atoms with Gasteiger partial charge in [-0.25, -0.2) is 0 Å². The number of carbonyl (C=O) groups excluding carboxylic acids is 2. The largest absolute Gasteiger partial charge is 0.327 e. The second kappa shape index (κ2) is 9.98. The molecule has 2 aromatic carbocycles. The standard InChI is InChI=1S/C23H26BrN3O2S/c24-19-8-6-18(7-9-19)23(29)27-10-2-5-21(27)22(28)25-20-4-1-3-17(15-20)16-26-11-13-30-14-12-26/h1,3-4,6-9,15,21H,2,5,10-14,16H2,(H,25,28). The third kappa shape index (κ3) is 5.25. The summed E-state index contributed by atoms with van der Waals surface area (Å²) in [5.74, 6) is 2.17. The maximum absolute atomic E-state index is 13.0. The molecule has 2 amide bonds. The van der Waals surface area contributed by atoms with E-state index in [-0.39, 0.29) is 11.8 Å². The van der Waals surface area contributed by atoms with Crippen LogP contribution in [0.15, 0.2) is 53.0 Å². The molecule has 2 aromatic rings. The lowest BCUT2D eigenvalue weighted by Gasteiger charge is -2.26. The summed E-state index contributed by atoms with van der Waals surface area (Å²) in [6, 6.07) is 14.9. The highest BCUT2D eigenvalue weighted by atomic mass is 79.9. The van der Waals surface area contributed by atoms with Crippen molar-refractivity contribution in [3.8, 4) is 0 Å². The van der Waals surface area contributed by atoms with Crippen molar-refractivity contribution < 1.29 is 9.59 Å². The molecule has 2 aliphatic heterocycles. The number of thioether (sulfide) groups is 1. The average molecular weight is 488 g/mol. The maximum Gasteiger partial charge on any atom is 0.254 e. The summed E-state index contributed by atoms with van der Waals surface area (Å²) in [5.41, 5.74) is 2.61. The van der Waals surface area contributed by atoms with Crippen molar-refractivity contribution in [2.45, 2.75) is 25.4 Å². The number of halogens is 1. The number of hydrogen-bond acceptors (Lipinski definition) is 4. The SMILES string of the molecule is O=C(Nc1cccc(CN2CCSCC2)c1)C1CCCN1C(=O)c1ccc(Br)cc1. The van der Waals surface area contributed by atoms with E-state index in [0.717, 1.165) is 36.2 Å². The summed E-state index contributed by atoms with van der Waals surface area (Å²) in [6.45, 7) is 3.73. The second-order valence-electron chi connectivity index (χ2n) is 7.74. The zero-order valence-corrected chi connectivity index (χ0v) is 19.3. The summed E-state index contributed by atoms with van der Waals surface area (Å²) in [5, 5.41) is 3.04. The first-order chi connectivity index (χ1) is 14.6. The van der Waals surface area contributed by atoms with Gasteiger partial charge in [-0.15, -0.1) is 0 Å². The molecular formula is C23H26BrN3O2S. The first kappa shape index (κ1) is 21.4. The summed E-state index contributed by atoms with van der Waals surface area (Å²) in [4.78, 5) is 30.1. The van der Waals surface area contributed by atoms with E-state index < -0.39 is 6.04 Å². The van der Waals surface area contributed by atoms with Gasteiger partial charge in [0.15, 0.2) is 0 Å². The zero-order chi connectivity index (χ0) is 20.9. The lowest BCUT2D eigenvalue weighted by Crippen LogP contribution is -2.43. The number of rotatable bonds is 5. The molecule has 30 heavy (non-hydrogen) atoms. The Morgan fingerprint density at radius 2 is 1.83 bits per heavy atom. The van der Waals surface area contributed by atoms with Gasteiger partial charge < -0.3 is 10.2 Å². The fourth-order valence-corrected chi connectivity index (χ4v) is 5.27. The summed E-state index contributed by atoms with van der Waals surface area (Å²) in [6.07, 6.45) is 1.53. The highest BCUT2D eigenvalue weighted by molar-refractivity contribution is 9.10. The fraction of sp³-hybridized carbons (Fsp3) is 0.391. The van der Waals surface area contributed by atoms with Crippen LogP contribution in [0.5, 0.6) is 0 Å². The van der Waals surface area contributed by atoms with Gasteiger partial charge >= 0.3 is 0 Å². The van der Waals surface area contributed by atoms with E-state index in [1.165, 1.54) is 17.1 Å². The molecular weight excluding hydrogens is 462 g/mol. The predicted molar refractivity (Wildman–Crippen MR) is 126 cm³/mol. The molecule has 2 heterocycles. The molecule has 7 heteroatoms. The zero-order valence-electron chi connectivity index (χ0n) is 16.9. The number of carbonyl (C=O) groups is 2. The van der Waals surface area contributed by atoms with Crippen LogP contribution in [0.25, 0.3) is 0 Å². The van der Waals surface area contributed by atoms with Crippen LogP contribution in [-0.4, -0.2) is 58.8 Å². The summed E-state index contributed by atoms with van der Waals surface area (Å²) in [7, 11) is 0. The number of nitrogens with one attached hydrogen (secondary N) is 1. The molecule has 2 saturated heterocycles. The van der Waals surface area contributed by atoms with Gasteiger partial charge in [0.2, 0.25) is 5.91 Å². The van der Waals surface area contributed by atoms with E-state index in [2.05, 4.69) is 38.3 Å². The van der Waals surface area contributed by atoms with Crippen LogP contribution in [0.2, 0.25) is 0 Å². The quantitative estimate of drug-likeness (QED) is 0.684. The molecule has 2 fully saturated rings. The van der Waals surface area contributed by atoms with Crippen LogP contribution in [0, 0.1) is 0 Å². The molecule has 0 spiro atoms. The minimum Gasteiger partial charge on any atom is -0.327 e. The minimum absolute atomic E-state index is 0.0862. The Hall–Kier alpha value is -1.83. The van der Waals surface area contributed by atoms with Gasteiger partial charge in [-0.05, 0) is 54.8 Å². The Morgan fingerprint density at radius 3 is 2.60 bits per heavy atom. The van der Waals surface area contributed by atoms with Crippen molar-refractivity contribution >= 4 is 45.2 Å². The number of hydrogen-bond donors (Lipinski definition) is 1. The molecule has 2 aliphatic rings. The van der Waals surface area contributed by atoms with Crippen LogP contribution in [0.4, 0.5) is 5.69 Å². The van der Waals surface area contributed by atoms with Crippen molar-refractivity contribution in [1.82, 2.24) is 9.80 Å². The Kier molecular flexibility index (Phi) is 7.12. The van der Waals surface area contributed by atoms with Crippen LogP contribution in [0.1, 0.15) is 28.8 Å². The van der Waals surface area contributed by atoms with Crippen LogP contribution < -0.4 is 5.32 Å². The number of amides is 2. The van der Waals surface area contributed by atoms with Gasteiger partial charge in [-0.2, -0.15) is 11.8 Å². The number of benzene rings is 2. The van der Waals surface area contributed by atoms with E-state index >= 15 is 0 Å². The molecule has 0 saturated carbocycles. The average Bonchev–Trinajstić information content (AvgIpc) is 3.25. The third-order valence-electron chi connectivity index (χ3n) is 5.61. The minimum atomic E-state index is -0.427. The van der Waals surface area contributed by atoms with Gasteiger partial charge in [0.05, 0.1) is 0 Å². The van der Waals surface area contributed by atoms with Crippen molar-refractivity contribution in [2.75, 3.05) is 36.5 Å². The molecule has 0 aliphatic carbocycles. The number of likely N-dealkylation sites (tertiary alicyclic amines) is 1. The first-order valence-electron chi connectivity index (χ1n) is 10.4. The molecule has 0 bridgehead atoms. The number of nitrogens with zero attached hydrogens (tertiary/aromatic N) is 2. The Balaban J connectivity index is 1.40. The third-order valence-corrected chi connectivity index (χ3v) is 7.08. The lowest BCUT2D eigenvalue weighted by molar-refractivity contribution is -0.119.